The Hall–Kier alpha value is -2.23. The zero-order chi connectivity index (χ0) is 20.1. The van der Waals surface area contributed by atoms with E-state index in [1.54, 1.807) is 6.08 Å². The van der Waals surface area contributed by atoms with Crippen molar-refractivity contribution in [2.75, 3.05) is 32.8 Å². The second-order valence-electron chi connectivity index (χ2n) is 6.97. The van der Waals surface area contributed by atoms with Gasteiger partial charge in [0, 0.05) is 31.6 Å². The van der Waals surface area contributed by atoms with Crippen molar-refractivity contribution in [1.29, 1.82) is 0 Å². The number of amides is 3. The molecular formula is C19H26N4O4S. The van der Waals surface area contributed by atoms with Crippen molar-refractivity contribution in [3.05, 3.63) is 41.3 Å². The monoisotopic (exact) mass is 406 g/mol. The summed E-state index contributed by atoms with van der Waals surface area (Å²) < 4.78 is 26.5. The molecule has 2 saturated heterocycles. The number of urea groups is 1. The van der Waals surface area contributed by atoms with Gasteiger partial charge in [-0.05, 0) is 18.1 Å². The lowest BCUT2D eigenvalue weighted by Gasteiger charge is -2.34. The Labute approximate surface area is 165 Å². The molecule has 2 fully saturated rings. The second-order valence-corrected chi connectivity index (χ2v) is 8.79. The predicted molar refractivity (Wildman–Crippen MR) is 106 cm³/mol. The molecule has 2 aliphatic rings. The number of imide groups is 1. The average Bonchev–Trinajstić information content (AvgIpc) is 2.96. The molecule has 1 aromatic carbocycles. The first kappa shape index (κ1) is 20.5. The first-order chi connectivity index (χ1) is 13.4. The van der Waals surface area contributed by atoms with Crippen LogP contribution in [0.25, 0.3) is 6.08 Å². The summed E-state index contributed by atoms with van der Waals surface area (Å²) in [6, 6.07) is 8.45. The molecule has 1 unspecified atom stereocenters. The van der Waals surface area contributed by atoms with Gasteiger partial charge in [-0.2, -0.15) is 4.31 Å². The highest BCUT2D eigenvalue weighted by Gasteiger charge is 2.38. The lowest BCUT2D eigenvalue weighted by atomic mass is 10.2. The highest BCUT2D eigenvalue weighted by Crippen LogP contribution is 2.15. The van der Waals surface area contributed by atoms with Gasteiger partial charge < -0.3 is 5.32 Å². The Morgan fingerprint density at radius 1 is 1.11 bits per heavy atom. The fourth-order valence-electron chi connectivity index (χ4n) is 3.34. The number of hydrogen-bond donors (Lipinski definition) is 1. The largest absolute Gasteiger partial charge is 0.326 e. The van der Waals surface area contributed by atoms with Crippen molar-refractivity contribution in [2.45, 2.75) is 25.8 Å². The number of nitrogens with zero attached hydrogens (tertiary/aromatic N) is 3. The molecule has 0 aromatic heterocycles. The molecule has 28 heavy (non-hydrogen) atoms. The minimum atomic E-state index is -3.50. The summed E-state index contributed by atoms with van der Waals surface area (Å²) >= 11 is 0. The van der Waals surface area contributed by atoms with Crippen molar-refractivity contribution in [2.24, 2.45) is 0 Å². The van der Waals surface area contributed by atoms with Crippen molar-refractivity contribution < 1.29 is 18.0 Å². The summed E-state index contributed by atoms with van der Waals surface area (Å²) in [5, 5.41) is 3.93. The summed E-state index contributed by atoms with van der Waals surface area (Å²) in [5.41, 5.74) is 0.824. The maximum Gasteiger partial charge on any atom is 0.325 e. The SMILES string of the molecule is CCCC1NC(=O)N(CN2CCN(S(=O)(=O)/C=C/c3ccccc3)CC2)C1=O. The lowest BCUT2D eigenvalue weighted by Crippen LogP contribution is -2.52. The van der Waals surface area contributed by atoms with Gasteiger partial charge in [0.05, 0.1) is 6.67 Å². The van der Waals surface area contributed by atoms with E-state index in [0.717, 1.165) is 12.0 Å². The first-order valence-corrected chi connectivity index (χ1v) is 11.0. The Kier molecular flexibility index (Phi) is 6.48. The van der Waals surface area contributed by atoms with Gasteiger partial charge in [-0.25, -0.2) is 18.1 Å². The van der Waals surface area contributed by atoms with Crippen molar-refractivity contribution in [1.82, 2.24) is 19.4 Å². The molecule has 3 amide bonds. The fraction of sp³-hybridized carbons (Fsp3) is 0.474. The number of benzene rings is 1. The zero-order valence-electron chi connectivity index (χ0n) is 16.0. The van der Waals surface area contributed by atoms with E-state index in [1.807, 2.05) is 42.2 Å². The third-order valence-corrected chi connectivity index (χ3v) is 6.51. The van der Waals surface area contributed by atoms with Crippen molar-refractivity contribution in [3.8, 4) is 0 Å². The number of carbonyl (C=O) groups is 2. The molecule has 9 heteroatoms. The standard InChI is InChI=1S/C19H26N4O4S/c1-2-6-17-18(24)23(19(25)20-17)15-21-10-12-22(13-11-21)28(26,27)14-9-16-7-4-3-5-8-16/h3-5,7-9,14,17H,2,6,10-13,15H2,1H3,(H,20,25)/b14-9+. The van der Waals surface area contributed by atoms with Gasteiger partial charge >= 0.3 is 6.03 Å². The van der Waals surface area contributed by atoms with Crippen LogP contribution in [-0.2, 0) is 14.8 Å². The van der Waals surface area contributed by atoms with Crippen LogP contribution in [0, 0.1) is 0 Å². The van der Waals surface area contributed by atoms with E-state index in [4.69, 9.17) is 0 Å². The summed E-state index contributed by atoms with van der Waals surface area (Å²) in [7, 11) is -3.50. The van der Waals surface area contributed by atoms with Crippen LogP contribution >= 0.6 is 0 Å². The zero-order valence-corrected chi connectivity index (χ0v) is 16.8. The number of rotatable bonds is 7. The second kappa shape index (κ2) is 8.85. The minimum Gasteiger partial charge on any atom is -0.326 e. The van der Waals surface area contributed by atoms with E-state index >= 15 is 0 Å². The van der Waals surface area contributed by atoms with E-state index < -0.39 is 16.1 Å². The molecule has 0 radical (unpaired) electrons. The van der Waals surface area contributed by atoms with Gasteiger partial charge in [-0.15, -0.1) is 0 Å². The molecule has 8 nitrogen and oxygen atoms in total. The van der Waals surface area contributed by atoms with Crippen molar-refractivity contribution in [3.63, 3.8) is 0 Å². The minimum absolute atomic E-state index is 0.193. The summed E-state index contributed by atoms with van der Waals surface area (Å²) in [6.45, 7) is 3.74. The highest BCUT2D eigenvalue weighted by molar-refractivity contribution is 7.92. The third-order valence-electron chi connectivity index (χ3n) is 4.95. The summed E-state index contributed by atoms with van der Waals surface area (Å²) in [5.74, 6) is -0.201. The third kappa shape index (κ3) is 4.78. The Bertz CT molecular complexity index is 833. The van der Waals surface area contributed by atoms with Gasteiger partial charge in [0.1, 0.15) is 6.04 Å². The summed E-state index contributed by atoms with van der Waals surface area (Å²) in [4.78, 5) is 27.5. The van der Waals surface area contributed by atoms with E-state index in [9.17, 15) is 18.0 Å². The van der Waals surface area contributed by atoms with Gasteiger partial charge in [0.15, 0.2) is 0 Å². The van der Waals surface area contributed by atoms with Gasteiger partial charge in [0.25, 0.3) is 5.91 Å². The Morgan fingerprint density at radius 2 is 1.79 bits per heavy atom. The molecule has 1 atom stereocenters. The molecule has 2 aliphatic heterocycles. The number of hydrogen-bond acceptors (Lipinski definition) is 5. The van der Waals surface area contributed by atoms with Gasteiger partial charge in [0.2, 0.25) is 10.0 Å². The summed E-state index contributed by atoms with van der Waals surface area (Å²) in [6.07, 6.45) is 3.03. The van der Waals surface area contributed by atoms with Crippen LogP contribution in [0.1, 0.15) is 25.3 Å². The fourth-order valence-corrected chi connectivity index (χ4v) is 4.51. The predicted octanol–water partition coefficient (Wildman–Crippen LogP) is 1.28. The van der Waals surface area contributed by atoms with Crippen LogP contribution in [0.3, 0.4) is 0 Å². The van der Waals surface area contributed by atoms with E-state index in [0.29, 0.717) is 32.6 Å². The Morgan fingerprint density at radius 3 is 2.43 bits per heavy atom. The van der Waals surface area contributed by atoms with E-state index in [-0.39, 0.29) is 18.6 Å². The average molecular weight is 407 g/mol. The number of sulfonamides is 1. The maximum absolute atomic E-state index is 12.5. The molecular weight excluding hydrogens is 380 g/mol. The molecule has 0 spiro atoms. The molecule has 0 aliphatic carbocycles. The van der Waals surface area contributed by atoms with Gasteiger partial charge in [-0.1, -0.05) is 43.7 Å². The van der Waals surface area contributed by atoms with E-state index in [2.05, 4.69) is 5.32 Å². The van der Waals surface area contributed by atoms with Crippen LogP contribution in [0.15, 0.2) is 35.7 Å². The molecule has 152 valence electrons. The maximum atomic E-state index is 12.5. The highest BCUT2D eigenvalue weighted by atomic mass is 32.2. The van der Waals surface area contributed by atoms with Crippen LogP contribution in [-0.4, -0.2) is 73.4 Å². The molecule has 1 N–H and O–H groups in total. The van der Waals surface area contributed by atoms with Crippen LogP contribution < -0.4 is 5.32 Å². The number of nitrogens with one attached hydrogen (secondary N) is 1. The number of piperazine rings is 1. The molecule has 3 rings (SSSR count). The van der Waals surface area contributed by atoms with Crippen LogP contribution in [0.2, 0.25) is 0 Å². The topological polar surface area (TPSA) is 90.0 Å². The first-order valence-electron chi connectivity index (χ1n) is 9.48. The van der Waals surface area contributed by atoms with Crippen molar-refractivity contribution >= 4 is 28.0 Å². The molecule has 0 saturated carbocycles. The van der Waals surface area contributed by atoms with E-state index in [1.165, 1.54) is 14.6 Å². The molecule has 0 bridgehead atoms. The van der Waals surface area contributed by atoms with Crippen LogP contribution in [0.4, 0.5) is 4.79 Å². The van der Waals surface area contributed by atoms with Crippen LogP contribution in [0.5, 0.6) is 0 Å². The molecule has 1 aromatic rings. The Balaban J connectivity index is 1.53. The lowest BCUT2D eigenvalue weighted by molar-refractivity contribution is -0.129. The quantitative estimate of drug-likeness (QED) is 0.689. The molecule has 2 heterocycles. The smallest absolute Gasteiger partial charge is 0.325 e. The normalized spacial score (nSPS) is 22.2. The van der Waals surface area contributed by atoms with Gasteiger partial charge in [-0.3, -0.25) is 9.69 Å². The number of carbonyl (C=O) groups excluding carboxylic acids is 2.